The number of hydrogen-bond donors (Lipinski definition) is 2. The largest absolute Gasteiger partial charge is 0.435 e. The Morgan fingerprint density at radius 2 is 1.92 bits per heavy atom. The highest BCUT2D eigenvalue weighted by molar-refractivity contribution is 14.0. The van der Waals surface area contributed by atoms with Crippen LogP contribution in [0.2, 0.25) is 0 Å². The zero-order valence-corrected chi connectivity index (χ0v) is 18.1. The van der Waals surface area contributed by atoms with Gasteiger partial charge in [0.15, 0.2) is 11.7 Å². The Kier molecular flexibility index (Phi) is 8.86. The number of carbonyl (C=O) groups excluding carboxylic acids is 1. The molecule has 0 unspecified atom stereocenters. The molecule has 1 amide bonds. The molecule has 0 bridgehead atoms. The number of aromatic nitrogens is 2. The maximum atomic E-state index is 13.0. The SMILES string of the molecule is CN=C(NCc1cn(C)nc1C(F)(F)F)N(C)CC(=O)NC(C)(C)C.I. The number of likely N-dealkylation sites (N-methyl/N-ethyl adjacent to an activating group) is 1. The van der Waals surface area contributed by atoms with Crippen LogP contribution in [0.15, 0.2) is 11.2 Å². The first-order chi connectivity index (χ1) is 11.3. The van der Waals surface area contributed by atoms with Crippen LogP contribution in [0.4, 0.5) is 13.2 Å². The molecule has 0 spiro atoms. The summed E-state index contributed by atoms with van der Waals surface area (Å²) in [5, 5.41) is 9.09. The van der Waals surface area contributed by atoms with Crippen molar-refractivity contribution in [2.75, 3.05) is 20.6 Å². The number of guanidine groups is 1. The lowest BCUT2D eigenvalue weighted by atomic mass is 10.1. The Balaban J connectivity index is 0.00000625. The van der Waals surface area contributed by atoms with Gasteiger partial charge in [0, 0.05) is 45.0 Å². The molecule has 150 valence electrons. The normalized spacial score (nSPS) is 12.4. The summed E-state index contributed by atoms with van der Waals surface area (Å²) in [6.07, 6.45) is -3.23. The molecule has 7 nitrogen and oxygen atoms in total. The molecule has 0 aliphatic rings. The number of aliphatic imine (C=N–C) groups is 1. The van der Waals surface area contributed by atoms with Gasteiger partial charge in [0.2, 0.25) is 5.91 Å². The Morgan fingerprint density at radius 1 is 1.35 bits per heavy atom. The monoisotopic (exact) mass is 490 g/mol. The molecule has 1 rings (SSSR count). The highest BCUT2D eigenvalue weighted by atomic mass is 127. The molecule has 11 heteroatoms. The van der Waals surface area contributed by atoms with Crippen molar-refractivity contribution in [2.45, 2.75) is 39.0 Å². The zero-order chi connectivity index (χ0) is 19.4. The van der Waals surface area contributed by atoms with Crippen LogP contribution >= 0.6 is 24.0 Å². The van der Waals surface area contributed by atoms with E-state index in [-0.39, 0.29) is 54.1 Å². The van der Waals surface area contributed by atoms with E-state index < -0.39 is 11.9 Å². The summed E-state index contributed by atoms with van der Waals surface area (Å²) in [6, 6.07) is 0. The van der Waals surface area contributed by atoms with Crippen molar-refractivity contribution in [3.8, 4) is 0 Å². The van der Waals surface area contributed by atoms with Gasteiger partial charge < -0.3 is 15.5 Å². The van der Waals surface area contributed by atoms with Gasteiger partial charge in [0.25, 0.3) is 0 Å². The lowest BCUT2D eigenvalue weighted by Gasteiger charge is -2.25. The van der Waals surface area contributed by atoms with Crippen molar-refractivity contribution in [3.63, 3.8) is 0 Å². The van der Waals surface area contributed by atoms with Crippen LogP contribution in [0.25, 0.3) is 0 Å². The minimum Gasteiger partial charge on any atom is -0.352 e. The second-order valence-electron chi connectivity index (χ2n) is 6.73. The van der Waals surface area contributed by atoms with Crippen LogP contribution in [-0.2, 0) is 24.6 Å². The Labute approximate surface area is 168 Å². The van der Waals surface area contributed by atoms with Crippen LogP contribution in [0, 0.1) is 0 Å². The van der Waals surface area contributed by atoms with Crippen LogP contribution < -0.4 is 10.6 Å². The van der Waals surface area contributed by atoms with Crippen molar-refractivity contribution < 1.29 is 18.0 Å². The number of carbonyl (C=O) groups is 1. The van der Waals surface area contributed by atoms with Gasteiger partial charge in [-0.2, -0.15) is 18.3 Å². The maximum Gasteiger partial charge on any atom is 0.435 e. The molecular formula is C15H26F3IN6O. The van der Waals surface area contributed by atoms with E-state index in [0.717, 1.165) is 4.68 Å². The maximum absolute atomic E-state index is 13.0. The first-order valence-electron chi connectivity index (χ1n) is 7.66. The number of nitrogens with one attached hydrogen (secondary N) is 2. The van der Waals surface area contributed by atoms with Gasteiger partial charge in [-0.15, -0.1) is 24.0 Å². The fourth-order valence-electron chi connectivity index (χ4n) is 2.21. The minimum atomic E-state index is -4.53. The highest BCUT2D eigenvalue weighted by Gasteiger charge is 2.36. The van der Waals surface area contributed by atoms with E-state index in [1.807, 2.05) is 20.8 Å². The Hall–Kier alpha value is -1.53. The van der Waals surface area contributed by atoms with Crippen molar-refractivity contribution in [3.05, 3.63) is 17.5 Å². The van der Waals surface area contributed by atoms with Gasteiger partial charge in [-0.25, -0.2) is 0 Å². The molecule has 0 aromatic carbocycles. The molecule has 0 atom stereocenters. The molecule has 26 heavy (non-hydrogen) atoms. The van der Waals surface area contributed by atoms with E-state index in [2.05, 4.69) is 20.7 Å². The molecule has 2 N–H and O–H groups in total. The van der Waals surface area contributed by atoms with Crippen molar-refractivity contribution in [1.29, 1.82) is 0 Å². The van der Waals surface area contributed by atoms with E-state index in [9.17, 15) is 18.0 Å². The fraction of sp³-hybridized carbons (Fsp3) is 0.667. The second kappa shape index (κ2) is 9.42. The van der Waals surface area contributed by atoms with E-state index in [1.54, 1.807) is 7.05 Å². The van der Waals surface area contributed by atoms with E-state index in [1.165, 1.54) is 25.2 Å². The number of nitrogens with zero attached hydrogens (tertiary/aromatic N) is 4. The van der Waals surface area contributed by atoms with Gasteiger partial charge in [-0.1, -0.05) is 0 Å². The summed E-state index contributed by atoms with van der Waals surface area (Å²) in [6.45, 7) is 5.49. The van der Waals surface area contributed by atoms with Gasteiger partial charge in [0.05, 0.1) is 6.54 Å². The molecule has 1 aromatic heterocycles. The summed E-state index contributed by atoms with van der Waals surface area (Å²) in [4.78, 5) is 17.5. The molecular weight excluding hydrogens is 464 g/mol. The van der Waals surface area contributed by atoms with Crippen LogP contribution in [-0.4, -0.2) is 52.7 Å². The standard InChI is InChI=1S/C15H25F3N6O.HI/c1-14(2,3)21-11(25)9-23(5)13(19-4)20-7-10-8-24(6)22-12(10)15(16,17)18;/h8H,7,9H2,1-6H3,(H,19,20)(H,21,25);1H. The number of rotatable bonds is 4. The highest BCUT2D eigenvalue weighted by Crippen LogP contribution is 2.30. The summed E-state index contributed by atoms with van der Waals surface area (Å²) in [5.41, 5.74) is -1.30. The number of alkyl halides is 3. The van der Waals surface area contributed by atoms with Crippen molar-refractivity contribution in [2.24, 2.45) is 12.0 Å². The second-order valence-corrected chi connectivity index (χ2v) is 6.73. The van der Waals surface area contributed by atoms with Crippen molar-refractivity contribution >= 4 is 35.8 Å². The number of amides is 1. The van der Waals surface area contributed by atoms with Crippen LogP contribution in [0.1, 0.15) is 32.0 Å². The Bertz CT molecular complexity index is 636. The third kappa shape index (κ3) is 7.79. The number of hydrogen-bond acceptors (Lipinski definition) is 3. The third-order valence-corrected chi connectivity index (χ3v) is 3.08. The lowest BCUT2D eigenvalue weighted by Crippen LogP contribution is -2.48. The fourth-order valence-corrected chi connectivity index (χ4v) is 2.21. The minimum absolute atomic E-state index is 0. The molecule has 1 aromatic rings. The molecule has 0 fully saturated rings. The van der Waals surface area contributed by atoms with E-state index in [4.69, 9.17) is 0 Å². The lowest BCUT2D eigenvalue weighted by molar-refractivity contribution is -0.142. The first kappa shape index (κ1) is 24.5. The average molecular weight is 490 g/mol. The molecule has 0 aliphatic carbocycles. The summed E-state index contributed by atoms with van der Waals surface area (Å²) >= 11 is 0. The Morgan fingerprint density at radius 3 is 2.38 bits per heavy atom. The molecule has 1 heterocycles. The van der Waals surface area contributed by atoms with Gasteiger partial charge in [0.1, 0.15) is 0 Å². The summed E-state index contributed by atoms with van der Waals surface area (Å²) in [5.74, 6) is 0.0938. The molecule has 0 aliphatic heterocycles. The molecule has 0 saturated heterocycles. The topological polar surface area (TPSA) is 74.5 Å². The first-order valence-corrected chi connectivity index (χ1v) is 7.66. The predicted molar refractivity (Wildman–Crippen MR) is 104 cm³/mol. The third-order valence-electron chi connectivity index (χ3n) is 3.08. The van der Waals surface area contributed by atoms with Gasteiger partial charge >= 0.3 is 6.18 Å². The average Bonchev–Trinajstić information content (AvgIpc) is 2.78. The van der Waals surface area contributed by atoms with Crippen LogP contribution in [0.3, 0.4) is 0 Å². The van der Waals surface area contributed by atoms with Crippen LogP contribution in [0.5, 0.6) is 0 Å². The van der Waals surface area contributed by atoms with Gasteiger partial charge in [-0.3, -0.25) is 14.5 Å². The molecule has 0 radical (unpaired) electrons. The summed E-state index contributed by atoms with van der Waals surface area (Å²) < 4.78 is 40.0. The smallest absolute Gasteiger partial charge is 0.352 e. The zero-order valence-electron chi connectivity index (χ0n) is 15.7. The number of halogens is 4. The predicted octanol–water partition coefficient (Wildman–Crippen LogP) is 1.98. The number of aryl methyl sites for hydroxylation is 1. The summed E-state index contributed by atoms with van der Waals surface area (Å²) in [7, 11) is 4.55. The molecule has 0 saturated carbocycles. The van der Waals surface area contributed by atoms with Crippen molar-refractivity contribution in [1.82, 2.24) is 25.3 Å². The van der Waals surface area contributed by atoms with E-state index >= 15 is 0 Å². The van der Waals surface area contributed by atoms with Gasteiger partial charge in [-0.05, 0) is 20.8 Å². The van der Waals surface area contributed by atoms with E-state index in [0.29, 0.717) is 5.96 Å². The quantitative estimate of drug-likeness (QED) is 0.385.